The predicted molar refractivity (Wildman–Crippen MR) is 130 cm³/mol. The van der Waals surface area contributed by atoms with Crippen molar-refractivity contribution in [3.05, 3.63) is 90.3 Å². The molecule has 0 unspecified atom stereocenters. The van der Waals surface area contributed by atoms with E-state index in [2.05, 4.69) is 20.2 Å². The maximum Gasteiger partial charge on any atom is 0.261 e. The van der Waals surface area contributed by atoms with E-state index in [1.54, 1.807) is 48.5 Å². The smallest absolute Gasteiger partial charge is 0.261 e. The van der Waals surface area contributed by atoms with Crippen molar-refractivity contribution in [1.82, 2.24) is 10.2 Å². The first-order valence-corrected chi connectivity index (χ1v) is 12.2. The minimum Gasteiger partial charge on any atom is -0.421 e. The minimum atomic E-state index is -3.68. The van der Waals surface area contributed by atoms with Crippen molar-refractivity contribution in [2.24, 2.45) is 0 Å². The van der Waals surface area contributed by atoms with E-state index in [-0.39, 0.29) is 17.2 Å². The number of carbonyl (C=O) groups is 1. The normalized spacial score (nSPS) is 11.2. The van der Waals surface area contributed by atoms with E-state index in [1.165, 1.54) is 0 Å². The molecule has 9 heteroatoms. The zero-order chi connectivity index (χ0) is 24.0. The third kappa shape index (κ3) is 6.08. The number of nitrogens with one attached hydrogen (secondary N) is 2. The van der Waals surface area contributed by atoms with Gasteiger partial charge in [-0.3, -0.25) is 9.52 Å². The molecule has 4 rings (SSSR count). The molecule has 8 nitrogen and oxygen atoms in total. The lowest BCUT2D eigenvalue weighted by Gasteiger charge is -2.10. The molecule has 0 saturated carbocycles. The van der Waals surface area contributed by atoms with Crippen LogP contribution in [0.1, 0.15) is 24.3 Å². The Kier molecular flexibility index (Phi) is 7.03. The Balaban J connectivity index is 1.25. The van der Waals surface area contributed by atoms with E-state index in [0.29, 0.717) is 36.0 Å². The lowest BCUT2D eigenvalue weighted by Crippen LogP contribution is -2.13. The highest BCUT2D eigenvalue weighted by molar-refractivity contribution is 7.92. The van der Waals surface area contributed by atoms with Gasteiger partial charge in [-0.15, -0.1) is 10.2 Å². The van der Waals surface area contributed by atoms with Crippen molar-refractivity contribution in [1.29, 1.82) is 0 Å². The molecule has 4 aromatic rings. The number of hydrogen-bond acceptors (Lipinski definition) is 6. The molecule has 1 heterocycles. The molecule has 0 bridgehead atoms. The van der Waals surface area contributed by atoms with Gasteiger partial charge in [0, 0.05) is 29.8 Å². The Morgan fingerprint density at radius 2 is 1.56 bits per heavy atom. The molecule has 0 fully saturated rings. The van der Waals surface area contributed by atoms with Crippen LogP contribution in [0.2, 0.25) is 0 Å². The average molecular weight is 477 g/mol. The zero-order valence-electron chi connectivity index (χ0n) is 18.6. The summed E-state index contributed by atoms with van der Waals surface area (Å²) in [5, 5.41) is 10.9. The second kappa shape index (κ2) is 10.3. The molecule has 0 aliphatic heterocycles. The van der Waals surface area contributed by atoms with Gasteiger partial charge < -0.3 is 9.73 Å². The van der Waals surface area contributed by atoms with E-state index < -0.39 is 10.0 Å². The number of hydrogen-bond donors (Lipinski definition) is 2. The van der Waals surface area contributed by atoms with Gasteiger partial charge in [0.2, 0.25) is 17.7 Å². The fourth-order valence-electron chi connectivity index (χ4n) is 3.23. The Labute approximate surface area is 198 Å². The van der Waals surface area contributed by atoms with Crippen molar-refractivity contribution in [3.63, 3.8) is 0 Å². The van der Waals surface area contributed by atoms with Gasteiger partial charge in [0.15, 0.2) is 0 Å². The van der Waals surface area contributed by atoms with Gasteiger partial charge in [0.05, 0.1) is 4.90 Å². The summed E-state index contributed by atoms with van der Waals surface area (Å²) in [6.07, 6.45) is 1.33. The van der Waals surface area contributed by atoms with Crippen molar-refractivity contribution in [2.45, 2.75) is 31.1 Å². The van der Waals surface area contributed by atoms with Crippen LogP contribution in [-0.2, 0) is 21.2 Å². The molecule has 34 heavy (non-hydrogen) atoms. The number of rotatable bonds is 9. The van der Waals surface area contributed by atoms with Crippen molar-refractivity contribution < 1.29 is 17.6 Å². The first-order valence-electron chi connectivity index (χ1n) is 10.8. The minimum absolute atomic E-state index is 0.157. The number of benzene rings is 3. The van der Waals surface area contributed by atoms with Crippen molar-refractivity contribution >= 4 is 27.3 Å². The molecule has 2 N–H and O–H groups in total. The predicted octanol–water partition coefficient (Wildman–Crippen LogP) is 4.81. The van der Waals surface area contributed by atoms with Gasteiger partial charge >= 0.3 is 0 Å². The van der Waals surface area contributed by atoms with Crippen LogP contribution in [0.3, 0.4) is 0 Å². The molecule has 1 amide bonds. The molecule has 0 radical (unpaired) electrons. The Morgan fingerprint density at radius 1 is 0.882 bits per heavy atom. The summed E-state index contributed by atoms with van der Waals surface area (Å²) in [5.41, 5.74) is 2.81. The number of carbonyl (C=O) groups excluding carboxylic acids is 1. The second-order valence-corrected chi connectivity index (χ2v) is 9.45. The highest BCUT2D eigenvalue weighted by Crippen LogP contribution is 2.20. The standard InChI is InChI=1S/C25H24N4O4S/c1-18-10-16-22(17-11-18)34(31,32)29-21-14-12-20(13-15-21)26-23(30)8-5-9-24-27-28-25(33-24)19-6-3-2-4-7-19/h2-4,6-7,10-17,29H,5,8-9H2,1H3,(H,26,30). The first kappa shape index (κ1) is 23.2. The van der Waals surface area contributed by atoms with E-state index in [0.717, 1.165) is 11.1 Å². The third-order valence-corrected chi connectivity index (χ3v) is 6.43. The van der Waals surface area contributed by atoms with Crippen LogP contribution in [-0.4, -0.2) is 24.5 Å². The van der Waals surface area contributed by atoms with Crippen LogP contribution >= 0.6 is 0 Å². The summed E-state index contributed by atoms with van der Waals surface area (Å²) >= 11 is 0. The molecule has 174 valence electrons. The molecular weight excluding hydrogens is 452 g/mol. The summed E-state index contributed by atoms with van der Waals surface area (Å²) in [6.45, 7) is 1.89. The first-order chi connectivity index (χ1) is 16.4. The van der Waals surface area contributed by atoms with Crippen LogP contribution in [0.25, 0.3) is 11.5 Å². The number of amides is 1. The van der Waals surface area contributed by atoms with Gasteiger partial charge in [0.25, 0.3) is 10.0 Å². The maximum atomic E-state index is 12.5. The average Bonchev–Trinajstić information content (AvgIpc) is 3.30. The van der Waals surface area contributed by atoms with Crippen LogP contribution in [0.15, 0.2) is 88.2 Å². The largest absolute Gasteiger partial charge is 0.421 e. The zero-order valence-corrected chi connectivity index (χ0v) is 19.4. The number of aryl methyl sites for hydroxylation is 2. The van der Waals surface area contributed by atoms with Crippen LogP contribution in [0.4, 0.5) is 11.4 Å². The Hall–Kier alpha value is -3.98. The van der Waals surface area contributed by atoms with E-state index >= 15 is 0 Å². The summed E-state index contributed by atoms with van der Waals surface area (Å²) in [7, 11) is -3.68. The fourth-order valence-corrected chi connectivity index (χ4v) is 4.29. The Morgan fingerprint density at radius 3 is 2.26 bits per heavy atom. The molecule has 0 saturated heterocycles. The summed E-state index contributed by atoms with van der Waals surface area (Å²) in [6, 6.07) is 22.6. The van der Waals surface area contributed by atoms with Crippen molar-refractivity contribution in [2.75, 3.05) is 10.0 Å². The summed E-state index contributed by atoms with van der Waals surface area (Å²) in [4.78, 5) is 12.5. The van der Waals surface area contributed by atoms with E-state index in [9.17, 15) is 13.2 Å². The number of nitrogens with zero attached hydrogens (tertiary/aromatic N) is 2. The fraction of sp³-hybridized carbons (Fsp3) is 0.160. The monoisotopic (exact) mass is 476 g/mol. The molecule has 0 aliphatic carbocycles. The van der Waals surface area contributed by atoms with Gasteiger partial charge in [-0.25, -0.2) is 8.42 Å². The van der Waals surface area contributed by atoms with E-state index in [1.807, 2.05) is 37.3 Å². The van der Waals surface area contributed by atoms with Gasteiger partial charge in [0.1, 0.15) is 0 Å². The highest BCUT2D eigenvalue weighted by Gasteiger charge is 2.14. The number of anilines is 2. The van der Waals surface area contributed by atoms with Crippen LogP contribution in [0, 0.1) is 6.92 Å². The van der Waals surface area contributed by atoms with Gasteiger partial charge in [-0.1, -0.05) is 35.9 Å². The van der Waals surface area contributed by atoms with E-state index in [4.69, 9.17) is 4.42 Å². The van der Waals surface area contributed by atoms with Gasteiger partial charge in [-0.2, -0.15) is 0 Å². The molecule has 0 aliphatic rings. The SMILES string of the molecule is Cc1ccc(S(=O)(=O)Nc2ccc(NC(=O)CCCc3nnc(-c4ccccc4)o3)cc2)cc1. The number of sulfonamides is 1. The molecule has 3 aromatic carbocycles. The molecule has 0 atom stereocenters. The van der Waals surface area contributed by atoms with Crippen molar-refractivity contribution in [3.8, 4) is 11.5 Å². The second-order valence-electron chi connectivity index (χ2n) is 7.76. The highest BCUT2D eigenvalue weighted by atomic mass is 32.2. The number of aromatic nitrogens is 2. The lowest BCUT2D eigenvalue weighted by atomic mass is 10.2. The quantitative estimate of drug-likeness (QED) is 0.358. The molecular formula is C25H24N4O4S. The topological polar surface area (TPSA) is 114 Å². The van der Waals surface area contributed by atoms with Crippen LogP contribution < -0.4 is 10.0 Å². The van der Waals surface area contributed by atoms with Gasteiger partial charge in [-0.05, 0) is 61.9 Å². The lowest BCUT2D eigenvalue weighted by molar-refractivity contribution is -0.116. The maximum absolute atomic E-state index is 12.5. The molecule has 1 aromatic heterocycles. The summed E-state index contributed by atoms with van der Waals surface area (Å²) < 4.78 is 33.2. The summed E-state index contributed by atoms with van der Waals surface area (Å²) in [5.74, 6) is 0.783. The third-order valence-electron chi connectivity index (χ3n) is 5.03. The van der Waals surface area contributed by atoms with Crippen LogP contribution in [0.5, 0.6) is 0 Å². The molecule has 0 spiro atoms. The Bertz CT molecular complexity index is 1350.